The molecule has 4 heterocycles. The molecule has 48 heavy (non-hydrogen) atoms. The van der Waals surface area contributed by atoms with E-state index in [2.05, 4.69) is 5.32 Å². The Bertz CT molecular complexity index is 1770. The quantitative estimate of drug-likeness (QED) is 0.236. The van der Waals surface area contributed by atoms with Gasteiger partial charge < -0.3 is 29.7 Å². The number of amides is 3. The maximum atomic E-state index is 14.8. The Morgan fingerprint density at radius 3 is 2.50 bits per heavy atom. The minimum absolute atomic E-state index is 0.0476. The molecule has 4 aliphatic rings. The summed E-state index contributed by atoms with van der Waals surface area (Å²) in [6, 6.07) is 21.9. The zero-order chi connectivity index (χ0) is 33.3. The highest BCUT2D eigenvalue weighted by molar-refractivity contribution is 6.06. The third-order valence-electron chi connectivity index (χ3n) is 9.90. The van der Waals surface area contributed by atoms with E-state index < -0.39 is 41.7 Å². The number of nitrogens with zero attached hydrogens (tertiary/aromatic N) is 2. The van der Waals surface area contributed by atoms with Gasteiger partial charge in [-0.05, 0) is 47.7 Å². The van der Waals surface area contributed by atoms with Crippen LogP contribution in [0.3, 0.4) is 0 Å². The lowest BCUT2D eigenvalue weighted by Gasteiger charge is -2.35. The van der Waals surface area contributed by atoms with E-state index in [-0.39, 0.29) is 50.4 Å². The molecule has 2 saturated heterocycles. The Balaban J connectivity index is 1.29. The SMILES string of the molecule is O=C1CC/C=C\[C@@H]2O[C@@]34C=CCN(c5ccc6ccccc6c5)C(=O)[C@@H]3N(CCCCO)C(=O)[C@H]4[C@@H]2C(=O)O[C@@H](c2ccccc2)CN1. The third-order valence-corrected chi connectivity index (χ3v) is 9.90. The van der Waals surface area contributed by atoms with Crippen LogP contribution in [0.2, 0.25) is 0 Å². The zero-order valence-corrected chi connectivity index (χ0v) is 26.6. The van der Waals surface area contributed by atoms with Crippen LogP contribution >= 0.6 is 0 Å². The number of unbranched alkanes of at least 4 members (excludes halogenated alkanes) is 1. The van der Waals surface area contributed by atoms with Crippen LogP contribution in [-0.4, -0.2) is 77.7 Å². The number of fused-ring (bicyclic) bond motifs is 3. The van der Waals surface area contributed by atoms with Gasteiger partial charge in [0.25, 0.3) is 5.91 Å². The molecule has 10 nitrogen and oxygen atoms in total. The number of cyclic esters (lactones) is 1. The molecule has 2 N–H and O–H groups in total. The summed E-state index contributed by atoms with van der Waals surface area (Å²) >= 11 is 0. The van der Waals surface area contributed by atoms with Crippen LogP contribution in [0.4, 0.5) is 5.69 Å². The molecule has 0 unspecified atom stereocenters. The highest BCUT2D eigenvalue weighted by Gasteiger charge is 2.71. The summed E-state index contributed by atoms with van der Waals surface area (Å²) in [5, 5.41) is 14.4. The molecule has 3 aromatic carbocycles. The number of carbonyl (C=O) groups excluding carboxylic acids is 4. The zero-order valence-electron chi connectivity index (χ0n) is 26.6. The minimum atomic E-state index is -1.44. The number of aliphatic hydroxyl groups excluding tert-OH is 1. The van der Waals surface area contributed by atoms with Crippen molar-refractivity contribution in [2.45, 2.75) is 49.5 Å². The van der Waals surface area contributed by atoms with E-state index in [1.54, 1.807) is 28.0 Å². The first-order chi connectivity index (χ1) is 23.4. The molecule has 0 saturated carbocycles. The van der Waals surface area contributed by atoms with Crippen molar-refractivity contribution >= 4 is 40.2 Å². The predicted octanol–water partition coefficient (Wildman–Crippen LogP) is 3.85. The molecule has 4 aliphatic heterocycles. The second kappa shape index (κ2) is 13.4. The Hall–Kier alpha value is -4.80. The van der Waals surface area contributed by atoms with Crippen molar-refractivity contribution < 1.29 is 33.8 Å². The van der Waals surface area contributed by atoms with Gasteiger partial charge in [-0.2, -0.15) is 0 Å². The first kappa shape index (κ1) is 31.8. The van der Waals surface area contributed by atoms with Crippen LogP contribution in [0, 0.1) is 11.8 Å². The highest BCUT2D eigenvalue weighted by Crippen LogP contribution is 2.53. The van der Waals surface area contributed by atoms with Crippen molar-refractivity contribution in [3.05, 3.63) is 103 Å². The van der Waals surface area contributed by atoms with Crippen LogP contribution in [0.15, 0.2) is 97.1 Å². The van der Waals surface area contributed by atoms with Gasteiger partial charge >= 0.3 is 5.97 Å². The lowest BCUT2D eigenvalue weighted by molar-refractivity contribution is -0.159. The van der Waals surface area contributed by atoms with Gasteiger partial charge in [0.2, 0.25) is 11.8 Å². The normalized spacial score (nSPS) is 29.6. The minimum Gasteiger partial charge on any atom is -0.455 e. The first-order valence-corrected chi connectivity index (χ1v) is 16.7. The number of hydrogen-bond acceptors (Lipinski definition) is 7. The van der Waals surface area contributed by atoms with Gasteiger partial charge in [0.05, 0.1) is 18.6 Å². The number of hydrogen-bond donors (Lipinski definition) is 2. The number of carbonyl (C=O) groups is 4. The summed E-state index contributed by atoms with van der Waals surface area (Å²) in [4.78, 5) is 59.5. The number of nitrogens with one attached hydrogen (secondary N) is 1. The number of allylic oxidation sites excluding steroid dienone is 1. The molecule has 2 fully saturated rings. The molecular formula is C38H39N3O7. The Kier molecular flexibility index (Phi) is 8.85. The molecule has 0 radical (unpaired) electrons. The van der Waals surface area contributed by atoms with Gasteiger partial charge in [0, 0.05) is 31.8 Å². The van der Waals surface area contributed by atoms with Gasteiger partial charge in [0.1, 0.15) is 23.7 Å². The van der Waals surface area contributed by atoms with Crippen LogP contribution < -0.4 is 10.2 Å². The molecule has 3 amide bonds. The second-order valence-electron chi connectivity index (χ2n) is 12.8. The largest absolute Gasteiger partial charge is 0.455 e. The first-order valence-electron chi connectivity index (χ1n) is 16.7. The van der Waals surface area contributed by atoms with Crippen LogP contribution in [0.1, 0.15) is 37.4 Å². The lowest BCUT2D eigenvalue weighted by atomic mass is 9.78. The number of esters is 1. The van der Waals surface area contributed by atoms with Gasteiger partial charge in [-0.25, -0.2) is 0 Å². The third kappa shape index (κ3) is 5.69. The van der Waals surface area contributed by atoms with Crippen molar-refractivity contribution in [2.75, 3.05) is 31.1 Å². The van der Waals surface area contributed by atoms with E-state index in [1.165, 1.54) is 0 Å². The molecule has 3 aromatic rings. The van der Waals surface area contributed by atoms with Crippen molar-refractivity contribution in [1.29, 1.82) is 0 Å². The van der Waals surface area contributed by atoms with E-state index >= 15 is 0 Å². The molecule has 10 heteroatoms. The lowest BCUT2D eigenvalue weighted by Crippen LogP contribution is -2.55. The molecule has 6 atom stereocenters. The topological polar surface area (TPSA) is 125 Å². The van der Waals surface area contributed by atoms with Crippen LogP contribution in [0.5, 0.6) is 0 Å². The fourth-order valence-corrected chi connectivity index (χ4v) is 7.62. The van der Waals surface area contributed by atoms with E-state index in [0.717, 1.165) is 10.8 Å². The van der Waals surface area contributed by atoms with Crippen molar-refractivity contribution in [3.8, 4) is 0 Å². The Morgan fingerprint density at radius 1 is 0.896 bits per heavy atom. The molecular weight excluding hydrogens is 610 g/mol. The summed E-state index contributed by atoms with van der Waals surface area (Å²) in [5.74, 6) is -3.52. The molecule has 248 valence electrons. The summed E-state index contributed by atoms with van der Waals surface area (Å²) in [6.07, 6.45) is 7.10. The summed E-state index contributed by atoms with van der Waals surface area (Å²) in [7, 11) is 0. The fourth-order valence-electron chi connectivity index (χ4n) is 7.62. The highest BCUT2D eigenvalue weighted by atomic mass is 16.6. The number of anilines is 1. The monoisotopic (exact) mass is 649 g/mol. The number of rotatable bonds is 6. The molecule has 7 rings (SSSR count). The van der Waals surface area contributed by atoms with E-state index in [0.29, 0.717) is 30.5 Å². The number of ether oxygens (including phenoxy) is 2. The van der Waals surface area contributed by atoms with E-state index in [1.807, 2.05) is 78.9 Å². The van der Waals surface area contributed by atoms with E-state index in [9.17, 15) is 24.3 Å². The summed E-state index contributed by atoms with van der Waals surface area (Å²) in [6.45, 7) is 0.505. The van der Waals surface area contributed by atoms with Crippen LogP contribution in [-0.2, 0) is 28.7 Å². The maximum Gasteiger partial charge on any atom is 0.313 e. The standard InChI is InChI=1S/C38H39N3O7/c42-22-9-8-20-41-34-36(45)40(28-18-17-25-11-4-5-14-27(25)23-28)21-10-19-38(34)33(35(41)44)32-29(48-38)15-6-7-16-31(43)39-24-30(47-37(32)46)26-12-2-1-3-13-26/h1-6,10-15,17-19,23,29-30,32-34,42H,7-9,16,20-22,24H2,(H,39,43)/b15-6-/t29-,30+,32+,33+,34-,38+/m0/s1. The van der Waals surface area contributed by atoms with Gasteiger partial charge in [0.15, 0.2) is 0 Å². The summed E-state index contributed by atoms with van der Waals surface area (Å²) in [5.41, 5.74) is -0.0345. The average molecular weight is 650 g/mol. The smallest absolute Gasteiger partial charge is 0.313 e. The molecule has 0 bridgehead atoms. The number of aliphatic hydroxyl groups is 1. The molecule has 0 aromatic heterocycles. The van der Waals surface area contributed by atoms with Crippen molar-refractivity contribution in [3.63, 3.8) is 0 Å². The van der Waals surface area contributed by atoms with Crippen molar-refractivity contribution in [2.24, 2.45) is 11.8 Å². The van der Waals surface area contributed by atoms with E-state index in [4.69, 9.17) is 9.47 Å². The molecule has 1 spiro atoms. The second-order valence-corrected chi connectivity index (χ2v) is 12.8. The van der Waals surface area contributed by atoms with Crippen molar-refractivity contribution in [1.82, 2.24) is 10.2 Å². The van der Waals surface area contributed by atoms with Gasteiger partial charge in [-0.1, -0.05) is 85.0 Å². The Morgan fingerprint density at radius 2 is 1.69 bits per heavy atom. The predicted molar refractivity (Wildman–Crippen MR) is 179 cm³/mol. The summed E-state index contributed by atoms with van der Waals surface area (Å²) < 4.78 is 12.9. The Labute approximate surface area is 279 Å². The van der Waals surface area contributed by atoms with Gasteiger partial charge in [-0.3, -0.25) is 19.2 Å². The number of likely N-dealkylation sites (tertiary alicyclic amines) is 1. The van der Waals surface area contributed by atoms with Crippen LogP contribution in [0.25, 0.3) is 10.8 Å². The maximum absolute atomic E-state index is 14.8. The molecule has 0 aliphatic carbocycles. The van der Waals surface area contributed by atoms with Gasteiger partial charge in [-0.15, -0.1) is 0 Å². The fraction of sp³-hybridized carbons (Fsp3) is 0.368. The average Bonchev–Trinajstić information content (AvgIpc) is 3.48. The number of benzene rings is 3.